The lowest BCUT2D eigenvalue weighted by Crippen LogP contribution is -2.31. The van der Waals surface area contributed by atoms with Gasteiger partial charge >= 0.3 is 12.1 Å². The molecule has 0 aliphatic rings. The molecule has 8 heteroatoms. The fourth-order valence-electron chi connectivity index (χ4n) is 2.24. The topological polar surface area (TPSA) is 81.4 Å². The van der Waals surface area contributed by atoms with Gasteiger partial charge in [0.05, 0.1) is 17.2 Å². The second kappa shape index (κ2) is 7.90. The van der Waals surface area contributed by atoms with E-state index in [4.69, 9.17) is 10.5 Å². The molecule has 5 nitrogen and oxygen atoms in total. The van der Waals surface area contributed by atoms with Gasteiger partial charge in [-0.3, -0.25) is 4.79 Å². The fraction of sp³-hybridized carbons (Fsp3) is 0.222. The molecule has 2 aromatic rings. The number of halogens is 3. The van der Waals surface area contributed by atoms with Crippen LogP contribution in [0.3, 0.4) is 0 Å². The molecule has 0 radical (unpaired) electrons. The molecule has 0 bridgehead atoms. The summed E-state index contributed by atoms with van der Waals surface area (Å²) in [7, 11) is 0. The number of alkyl halides is 3. The molecule has 0 aliphatic heterocycles. The summed E-state index contributed by atoms with van der Waals surface area (Å²) < 4.78 is 42.6. The number of carbonyl (C=O) groups is 2. The van der Waals surface area contributed by atoms with Crippen molar-refractivity contribution in [2.24, 2.45) is 0 Å². The Kier molecular flexibility index (Phi) is 5.86. The second-order valence-electron chi connectivity index (χ2n) is 5.58. The first-order chi connectivity index (χ1) is 12.2. The highest BCUT2D eigenvalue weighted by Gasteiger charge is 2.31. The van der Waals surface area contributed by atoms with Crippen LogP contribution in [0.25, 0.3) is 0 Å². The molecule has 0 saturated heterocycles. The summed E-state index contributed by atoms with van der Waals surface area (Å²) in [5.74, 6) is -1.51. The standard InChI is InChI=1S/C18H17F3N2O3/c1-11(12-5-3-2-4-6-12)23-16(24)10-26-17(25)14-8-7-13(9-15(14)22)18(19,20)21/h2-9,11H,10,22H2,1H3,(H,23,24)/t11-/m0/s1. The van der Waals surface area contributed by atoms with Gasteiger partial charge in [0, 0.05) is 5.69 Å². The third-order valence-corrected chi connectivity index (χ3v) is 3.61. The number of carbonyl (C=O) groups excluding carboxylic acids is 2. The van der Waals surface area contributed by atoms with Crippen molar-refractivity contribution in [1.29, 1.82) is 0 Å². The Labute approximate surface area is 148 Å². The summed E-state index contributed by atoms with van der Waals surface area (Å²) in [6.45, 7) is 1.19. The van der Waals surface area contributed by atoms with E-state index in [1.54, 1.807) is 6.92 Å². The Hall–Kier alpha value is -3.03. The van der Waals surface area contributed by atoms with E-state index in [0.29, 0.717) is 6.07 Å². The summed E-state index contributed by atoms with van der Waals surface area (Å²) in [5.41, 5.74) is 4.78. The van der Waals surface area contributed by atoms with Crippen molar-refractivity contribution < 1.29 is 27.5 Å². The van der Waals surface area contributed by atoms with E-state index in [0.717, 1.165) is 17.7 Å². The Balaban J connectivity index is 1.93. The van der Waals surface area contributed by atoms with Gasteiger partial charge in [-0.05, 0) is 30.7 Å². The third-order valence-electron chi connectivity index (χ3n) is 3.61. The molecule has 1 atom stereocenters. The SMILES string of the molecule is C[C@H](NC(=O)COC(=O)c1ccc(C(F)(F)F)cc1N)c1ccccc1. The monoisotopic (exact) mass is 366 g/mol. The molecule has 138 valence electrons. The van der Waals surface area contributed by atoms with Crippen LogP contribution >= 0.6 is 0 Å². The number of nitrogen functional groups attached to an aromatic ring is 1. The Morgan fingerprint density at radius 2 is 1.81 bits per heavy atom. The Morgan fingerprint density at radius 3 is 2.38 bits per heavy atom. The van der Waals surface area contributed by atoms with Gasteiger partial charge < -0.3 is 15.8 Å². The minimum absolute atomic E-state index is 0.234. The van der Waals surface area contributed by atoms with E-state index in [-0.39, 0.29) is 17.3 Å². The average molecular weight is 366 g/mol. The van der Waals surface area contributed by atoms with E-state index in [9.17, 15) is 22.8 Å². The molecule has 0 saturated carbocycles. The zero-order valence-corrected chi connectivity index (χ0v) is 13.8. The number of rotatable bonds is 5. The van der Waals surface area contributed by atoms with Crippen molar-refractivity contribution in [1.82, 2.24) is 5.32 Å². The normalized spacial score (nSPS) is 12.3. The van der Waals surface area contributed by atoms with Gasteiger partial charge in [-0.1, -0.05) is 30.3 Å². The number of esters is 1. The first-order valence-electron chi connectivity index (χ1n) is 7.66. The van der Waals surface area contributed by atoms with Crippen molar-refractivity contribution in [2.75, 3.05) is 12.3 Å². The first-order valence-corrected chi connectivity index (χ1v) is 7.66. The Morgan fingerprint density at radius 1 is 1.15 bits per heavy atom. The van der Waals surface area contributed by atoms with Gasteiger partial charge in [0.1, 0.15) is 0 Å². The predicted octanol–water partition coefficient (Wildman–Crippen LogP) is 3.32. The van der Waals surface area contributed by atoms with Gasteiger partial charge in [0.15, 0.2) is 6.61 Å². The lowest BCUT2D eigenvalue weighted by Gasteiger charge is -2.14. The maximum atomic E-state index is 12.6. The lowest BCUT2D eigenvalue weighted by molar-refractivity contribution is -0.137. The maximum Gasteiger partial charge on any atom is 0.416 e. The summed E-state index contributed by atoms with van der Waals surface area (Å²) >= 11 is 0. The smallest absolute Gasteiger partial charge is 0.416 e. The van der Waals surface area contributed by atoms with Crippen LogP contribution in [0, 0.1) is 0 Å². The molecule has 2 rings (SSSR count). The van der Waals surface area contributed by atoms with E-state index in [1.165, 1.54) is 0 Å². The number of amides is 1. The minimum Gasteiger partial charge on any atom is -0.452 e. The number of nitrogens with two attached hydrogens (primary N) is 1. The molecule has 0 spiro atoms. The van der Waals surface area contributed by atoms with Crippen molar-refractivity contribution in [2.45, 2.75) is 19.1 Å². The average Bonchev–Trinajstić information content (AvgIpc) is 2.59. The van der Waals surface area contributed by atoms with Crippen molar-refractivity contribution in [3.05, 3.63) is 65.2 Å². The van der Waals surface area contributed by atoms with Gasteiger partial charge in [0.25, 0.3) is 5.91 Å². The van der Waals surface area contributed by atoms with Gasteiger partial charge in [0.2, 0.25) is 0 Å². The van der Waals surface area contributed by atoms with Crippen molar-refractivity contribution in [3.8, 4) is 0 Å². The molecular weight excluding hydrogens is 349 g/mol. The zero-order valence-electron chi connectivity index (χ0n) is 13.8. The van der Waals surface area contributed by atoms with Crippen molar-refractivity contribution in [3.63, 3.8) is 0 Å². The molecule has 1 amide bonds. The molecule has 26 heavy (non-hydrogen) atoms. The van der Waals surface area contributed by atoms with Crippen LogP contribution in [-0.2, 0) is 15.7 Å². The largest absolute Gasteiger partial charge is 0.452 e. The summed E-state index contributed by atoms with van der Waals surface area (Å²) in [4.78, 5) is 23.8. The number of ether oxygens (including phenoxy) is 1. The maximum absolute atomic E-state index is 12.6. The van der Waals surface area contributed by atoms with Crippen molar-refractivity contribution >= 4 is 17.6 Å². The van der Waals surface area contributed by atoms with Gasteiger partial charge in [-0.25, -0.2) is 4.79 Å². The minimum atomic E-state index is -4.57. The number of benzene rings is 2. The van der Waals surface area contributed by atoms with Crippen LogP contribution in [0.1, 0.15) is 34.5 Å². The van der Waals surface area contributed by atoms with E-state index >= 15 is 0 Å². The molecule has 3 N–H and O–H groups in total. The Bertz CT molecular complexity index is 792. The van der Waals surface area contributed by atoms with E-state index < -0.39 is 30.2 Å². The molecule has 0 unspecified atom stereocenters. The number of anilines is 1. The van der Waals surface area contributed by atoms with E-state index in [1.807, 2.05) is 30.3 Å². The third kappa shape index (κ3) is 4.98. The van der Waals surface area contributed by atoms with Crippen LogP contribution in [0.4, 0.5) is 18.9 Å². The highest BCUT2D eigenvalue weighted by molar-refractivity contribution is 5.96. The number of nitrogens with one attached hydrogen (secondary N) is 1. The molecule has 0 heterocycles. The summed E-state index contributed by atoms with van der Waals surface area (Å²) in [6.07, 6.45) is -4.57. The quantitative estimate of drug-likeness (QED) is 0.628. The molecule has 0 fully saturated rings. The predicted molar refractivity (Wildman–Crippen MR) is 89.1 cm³/mol. The van der Waals surface area contributed by atoms with Crippen LogP contribution in [-0.4, -0.2) is 18.5 Å². The molecule has 2 aromatic carbocycles. The fourth-order valence-corrected chi connectivity index (χ4v) is 2.24. The van der Waals surface area contributed by atoms with Crippen LogP contribution in [0.15, 0.2) is 48.5 Å². The summed E-state index contributed by atoms with van der Waals surface area (Å²) in [5, 5.41) is 2.65. The summed E-state index contributed by atoms with van der Waals surface area (Å²) in [6, 6.07) is 11.2. The second-order valence-corrected chi connectivity index (χ2v) is 5.58. The van der Waals surface area contributed by atoms with E-state index in [2.05, 4.69) is 5.32 Å². The first kappa shape index (κ1) is 19.3. The molecule has 0 aliphatic carbocycles. The molecule has 0 aromatic heterocycles. The highest BCUT2D eigenvalue weighted by atomic mass is 19.4. The zero-order chi connectivity index (χ0) is 19.3. The van der Waals surface area contributed by atoms with Gasteiger partial charge in [-0.15, -0.1) is 0 Å². The van der Waals surface area contributed by atoms with Crippen LogP contribution in [0.2, 0.25) is 0 Å². The number of hydrogen-bond acceptors (Lipinski definition) is 4. The number of hydrogen-bond donors (Lipinski definition) is 2. The highest BCUT2D eigenvalue weighted by Crippen LogP contribution is 2.31. The van der Waals surface area contributed by atoms with Crippen LogP contribution < -0.4 is 11.1 Å². The molecular formula is C18H17F3N2O3. The van der Waals surface area contributed by atoms with Gasteiger partial charge in [-0.2, -0.15) is 13.2 Å². The van der Waals surface area contributed by atoms with Crippen LogP contribution in [0.5, 0.6) is 0 Å². The lowest BCUT2D eigenvalue weighted by atomic mass is 10.1.